The number of carbonyl (C=O) groups excluding carboxylic acids is 2. The van der Waals surface area contributed by atoms with Gasteiger partial charge in [-0.2, -0.15) is 0 Å². The van der Waals surface area contributed by atoms with E-state index in [1.165, 1.54) is 13.0 Å². The molecule has 154 valence electrons. The van der Waals surface area contributed by atoms with E-state index >= 15 is 0 Å². The average molecular weight is 416 g/mol. The molecule has 0 fully saturated rings. The molecule has 0 bridgehead atoms. The van der Waals surface area contributed by atoms with E-state index in [0.717, 1.165) is 12.0 Å². The molecular formula is C21H24N2O5S. The van der Waals surface area contributed by atoms with Crippen molar-refractivity contribution in [3.8, 4) is 5.75 Å². The highest BCUT2D eigenvalue weighted by Crippen LogP contribution is 2.34. The van der Waals surface area contributed by atoms with E-state index in [9.17, 15) is 18.0 Å². The maximum atomic E-state index is 13.1. The highest BCUT2D eigenvalue weighted by Gasteiger charge is 2.29. The second kappa shape index (κ2) is 8.24. The second-order valence-electron chi connectivity index (χ2n) is 7.07. The fraction of sp³-hybridized carbons (Fsp3) is 0.333. The lowest BCUT2D eigenvalue weighted by molar-refractivity contribution is -0.118. The summed E-state index contributed by atoms with van der Waals surface area (Å²) in [5.41, 5.74) is 2.61. The first-order chi connectivity index (χ1) is 13.7. The van der Waals surface area contributed by atoms with Gasteiger partial charge in [0.2, 0.25) is 5.91 Å². The van der Waals surface area contributed by atoms with Crippen molar-refractivity contribution in [3.05, 3.63) is 47.5 Å². The Balaban J connectivity index is 1.79. The molecule has 1 aliphatic heterocycles. The van der Waals surface area contributed by atoms with E-state index in [-0.39, 0.29) is 29.7 Å². The topological polar surface area (TPSA) is 102 Å². The molecule has 0 aromatic heterocycles. The molecule has 7 nitrogen and oxygen atoms in total. The summed E-state index contributed by atoms with van der Waals surface area (Å²) in [7, 11) is -3.77. The number of hydrogen-bond donors (Lipinski definition) is 2. The smallest absolute Gasteiger partial charge is 0.262 e. The summed E-state index contributed by atoms with van der Waals surface area (Å²) in [6.07, 6.45) is 0.587. The number of aryl methyl sites for hydroxylation is 2. The number of anilines is 2. The van der Waals surface area contributed by atoms with E-state index < -0.39 is 15.1 Å². The lowest BCUT2D eigenvalue weighted by atomic mass is 10.1. The summed E-state index contributed by atoms with van der Waals surface area (Å²) in [6, 6.07) is 10.4. The fourth-order valence-electron chi connectivity index (χ4n) is 3.26. The molecule has 0 spiro atoms. The van der Waals surface area contributed by atoms with Gasteiger partial charge in [0.25, 0.3) is 5.91 Å². The molecule has 0 saturated heterocycles. The maximum Gasteiger partial charge on any atom is 0.262 e. The molecular weight excluding hydrogens is 392 g/mol. The number of carbonyl (C=O) groups is 2. The summed E-state index contributed by atoms with van der Waals surface area (Å²) < 4.78 is 31.5. The van der Waals surface area contributed by atoms with E-state index in [1.807, 2.05) is 25.1 Å². The predicted octanol–water partition coefficient (Wildman–Crippen LogP) is 3.08. The summed E-state index contributed by atoms with van der Waals surface area (Å²) >= 11 is 0. The first kappa shape index (κ1) is 20.9. The fourth-order valence-corrected chi connectivity index (χ4v) is 4.85. The second-order valence-corrected chi connectivity index (χ2v) is 9.40. The number of amides is 2. The number of hydrogen-bond acceptors (Lipinski definition) is 5. The van der Waals surface area contributed by atoms with Crippen LogP contribution in [0.1, 0.15) is 31.4 Å². The standard InChI is InChI=1S/C21H24N2O5S/c1-4-15-7-5-6-8-16(15)22-20(24)10-14(3)29(26,27)19-11-18-17(9-13(19)2)23-21(25)12-28-18/h5-9,11,14H,4,10,12H2,1-3H3,(H,22,24)(H,23,25)/t14-/m0/s1. The van der Waals surface area contributed by atoms with Gasteiger partial charge < -0.3 is 15.4 Å². The zero-order valence-corrected chi connectivity index (χ0v) is 17.4. The van der Waals surface area contributed by atoms with Gasteiger partial charge in [0.1, 0.15) is 5.75 Å². The molecule has 8 heteroatoms. The number of ether oxygens (including phenoxy) is 1. The zero-order chi connectivity index (χ0) is 21.2. The van der Waals surface area contributed by atoms with Gasteiger partial charge in [-0.25, -0.2) is 8.42 Å². The van der Waals surface area contributed by atoms with Crippen molar-refractivity contribution in [3.63, 3.8) is 0 Å². The number of fused-ring (bicyclic) bond motifs is 1. The number of benzene rings is 2. The van der Waals surface area contributed by atoms with E-state index in [1.54, 1.807) is 19.1 Å². The molecule has 1 atom stereocenters. The van der Waals surface area contributed by atoms with Crippen molar-refractivity contribution in [1.82, 2.24) is 0 Å². The van der Waals surface area contributed by atoms with Crippen LogP contribution in [0.2, 0.25) is 0 Å². The van der Waals surface area contributed by atoms with Crippen LogP contribution in [0.3, 0.4) is 0 Å². The van der Waals surface area contributed by atoms with Gasteiger partial charge in [-0.15, -0.1) is 0 Å². The highest BCUT2D eigenvalue weighted by atomic mass is 32.2. The molecule has 0 saturated carbocycles. The largest absolute Gasteiger partial charge is 0.482 e. The van der Waals surface area contributed by atoms with Crippen LogP contribution in [-0.4, -0.2) is 32.1 Å². The molecule has 0 aliphatic carbocycles. The molecule has 2 N–H and O–H groups in total. The Morgan fingerprint density at radius 1 is 1.28 bits per heavy atom. The van der Waals surface area contributed by atoms with Crippen LogP contribution < -0.4 is 15.4 Å². The van der Waals surface area contributed by atoms with Gasteiger partial charge in [-0.3, -0.25) is 9.59 Å². The van der Waals surface area contributed by atoms with Crippen molar-refractivity contribution in [2.45, 2.75) is 43.8 Å². The van der Waals surface area contributed by atoms with Gasteiger partial charge in [0.05, 0.1) is 15.8 Å². The number of rotatable bonds is 6. The van der Waals surface area contributed by atoms with Crippen molar-refractivity contribution in [2.24, 2.45) is 0 Å². The lowest BCUT2D eigenvalue weighted by Gasteiger charge is -2.21. The van der Waals surface area contributed by atoms with Crippen LogP contribution in [0, 0.1) is 6.92 Å². The minimum absolute atomic E-state index is 0.0988. The van der Waals surface area contributed by atoms with Crippen LogP contribution in [0.4, 0.5) is 11.4 Å². The normalized spacial score (nSPS) is 14.4. The highest BCUT2D eigenvalue weighted by molar-refractivity contribution is 7.92. The Morgan fingerprint density at radius 3 is 2.72 bits per heavy atom. The molecule has 1 heterocycles. The van der Waals surface area contributed by atoms with Crippen LogP contribution in [-0.2, 0) is 25.8 Å². The molecule has 2 aromatic carbocycles. The molecule has 2 aromatic rings. The van der Waals surface area contributed by atoms with Crippen LogP contribution in [0.25, 0.3) is 0 Å². The Labute approximate surface area is 170 Å². The molecule has 1 aliphatic rings. The monoisotopic (exact) mass is 416 g/mol. The van der Waals surface area contributed by atoms with Gasteiger partial charge in [0, 0.05) is 18.2 Å². The first-order valence-electron chi connectivity index (χ1n) is 9.41. The van der Waals surface area contributed by atoms with E-state index in [4.69, 9.17) is 4.74 Å². The third-order valence-corrected chi connectivity index (χ3v) is 7.17. The molecule has 3 rings (SSSR count). The van der Waals surface area contributed by atoms with Crippen molar-refractivity contribution < 1.29 is 22.7 Å². The third-order valence-electron chi connectivity index (χ3n) is 4.89. The predicted molar refractivity (Wildman–Crippen MR) is 111 cm³/mol. The summed E-state index contributed by atoms with van der Waals surface area (Å²) in [4.78, 5) is 24.0. The minimum Gasteiger partial charge on any atom is -0.482 e. The molecule has 29 heavy (non-hydrogen) atoms. The van der Waals surface area contributed by atoms with Gasteiger partial charge >= 0.3 is 0 Å². The van der Waals surface area contributed by atoms with Crippen molar-refractivity contribution in [1.29, 1.82) is 0 Å². The summed E-state index contributed by atoms with van der Waals surface area (Å²) in [5, 5.41) is 4.54. The molecule has 0 radical (unpaired) electrons. The molecule has 2 amide bonds. The van der Waals surface area contributed by atoms with Gasteiger partial charge in [-0.1, -0.05) is 25.1 Å². The minimum atomic E-state index is -3.77. The van der Waals surface area contributed by atoms with Gasteiger partial charge in [0.15, 0.2) is 16.4 Å². The quantitative estimate of drug-likeness (QED) is 0.754. The maximum absolute atomic E-state index is 13.1. The SMILES string of the molecule is CCc1ccccc1NC(=O)C[C@H](C)S(=O)(=O)c1cc2c(cc1C)NC(=O)CO2. The first-order valence-corrected chi connectivity index (χ1v) is 11.0. The van der Waals surface area contributed by atoms with Crippen molar-refractivity contribution >= 4 is 33.0 Å². The van der Waals surface area contributed by atoms with Gasteiger partial charge in [-0.05, 0) is 43.5 Å². The Morgan fingerprint density at radius 2 is 2.00 bits per heavy atom. The number of nitrogens with one attached hydrogen (secondary N) is 2. The van der Waals surface area contributed by atoms with E-state index in [2.05, 4.69) is 10.6 Å². The van der Waals surface area contributed by atoms with Crippen LogP contribution in [0.5, 0.6) is 5.75 Å². The average Bonchev–Trinajstić information content (AvgIpc) is 2.67. The van der Waals surface area contributed by atoms with Crippen LogP contribution in [0.15, 0.2) is 41.3 Å². The van der Waals surface area contributed by atoms with Crippen molar-refractivity contribution in [2.75, 3.05) is 17.2 Å². The summed E-state index contributed by atoms with van der Waals surface area (Å²) in [6.45, 7) is 4.99. The number of para-hydroxylation sites is 1. The Bertz CT molecular complexity index is 1060. The lowest BCUT2D eigenvalue weighted by Crippen LogP contribution is -2.27. The Kier molecular flexibility index (Phi) is 5.93. The van der Waals surface area contributed by atoms with E-state index in [0.29, 0.717) is 22.7 Å². The third kappa shape index (κ3) is 4.42. The number of sulfone groups is 1. The Hall–Kier alpha value is -2.87. The zero-order valence-electron chi connectivity index (χ0n) is 16.6. The summed E-state index contributed by atoms with van der Waals surface area (Å²) in [5.74, 6) is -0.340. The molecule has 0 unspecified atom stereocenters. The van der Waals surface area contributed by atoms with Crippen LogP contribution >= 0.6 is 0 Å².